The zero-order valence-electron chi connectivity index (χ0n) is 14.0. The van der Waals surface area contributed by atoms with Gasteiger partial charge in [0.15, 0.2) is 0 Å². The van der Waals surface area contributed by atoms with Gasteiger partial charge in [0.05, 0.1) is 0 Å². The lowest BCUT2D eigenvalue weighted by atomic mass is 9.86. The molecule has 2 nitrogen and oxygen atoms in total. The molecule has 1 unspecified atom stereocenters. The molecular formula is C18H34N2. The molecule has 20 heavy (non-hydrogen) atoms. The van der Waals surface area contributed by atoms with Gasteiger partial charge in [0.25, 0.3) is 0 Å². The molecule has 1 N–H and O–H groups in total. The number of rotatable bonds is 6. The Morgan fingerprint density at radius 3 is 2.65 bits per heavy atom. The lowest BCUT2D eigenvalue weighted by molar-refractivity contribution is 0.0513. The molecule has 0 bridgehead atoms. The van der Waals surface area contributed by atoms with Crippen molar-refractivity contribution in [1.29, 1.82) is 0 Å². The first-order valence-corrected chi connectivity index (χ1v) is 8.77. The van der Waals surface area contributed by atoms with Gasteiger partial charge in [-0.3, -0.25) is 4.90 Å². The van der Waals surface area contributed by atoms with Crippen LogP contribution < -0.4 is 5.32 Å². The summed E-state index contributed by atoms with van der Waals surface area (Å²) in [5, 5.41) is 3.87. The summed E-state index contributed by atoms with van der Waals surface area (Å²) in [7, 11) is 0. The zero-order valence-corrected chi connectivity index (χ0v) is 14.0. The molecule has 2 rings (SSSR count). The van der Waals surface area contributed by atoms with Crippen LogP contribution in [0, 0.1) is 5.92 Å². The van der Waals surface area contributed by atoms with Gasteiger partial charge in [-0.05, 0) is 44.4 Å². The molecule has 1 aliphatic carbocycles. The van der Waals surface area contributed by atoms with Crippen LogP contribution in [0.3, 0.4) is 0 Å². The number of allylic oxidation sites excluding steroid dienone is 1. The summed E-state index contributed by atoms with van der Waals surface area (Å²) in [6.07, 6.45) is 10.3. The SMILES string of the molecule is CCC1(CC)CN(CCC2=CCCC2)C(C(C)C)CN1. The maximum absolute atomic E-state index is 3.87. The Hall–Kier alpha value is -0.340. The van der Waals surface area contributed by atoms with Gasteiger partial charge in [0, 0.05) is 31.2 Å². The van der Waals surface area contributed by atoms with Crippen molar-refractivity contribution < 1.29 is 0 Å². The molecule has 2 aliphatic rings. The van der Waals surface area contributed by atoms with Crippen molar-refractivity contribution in [2.45, 2.75) is 77.8 Å². The predicted molar refractivity (Wildman–Crippen MR) is 88.1 cm³/mol. The lowest BCUT2D eigenvalue weighted by Crippen LogP contribution is -2.65. The molecule has 1 fully saturated rings. The highest BCUT2D eigenvalue weighted by Crippen LogP contribution is 2.27. The van der Waals surface area contributed by atoms with E-state index >= 15 is 0 Å². The van der Waals surface area contributed by atoms with E-state index < -0.39 is 0 Å². The first-order valence-electron chi connectivity index (χ1n) is 8.77. The molecule has 0 aromatic rings. The fourth-order valence-electron chi connectivity index (χ4n) is 3.89. The third kappa shape index (κ3) is 3.65. The molecule has 0 spiro atoms. The van der Waals surface area contributed by atoms with Crippen LogP contribution in [-0.4, -0.2) is 36.1 Å². The fourth-order valence-corrected chi connectivity index (χ4v) is 3.89. The van der Waals surface area contributed by atoms with Crippen LogP contribution in [0.1, 0.15) is 66.2 Å². The Morgan fingerprint density at radius 2 is 2.10 bits per heavy atom. The standard InChI is InChI=1S/C18H34N2/c1-5-18(6-2)14-20(17(13-19-18)15(3)4)12-11-16-9-7-8-10-16/h9,15,17,19H,5-8,10-14H2,1-4H3. The number of nitrogens with zero attached hydrogens (tertiary/aromatic N) is 1. The van der Waals surface area contributed by atoms with Gasteiger partial charge in [-0.1, -0.05) is 39.3 Å². The molecule has 116 valence electrons. The van der Waals surface area contributed by atoms with Gasteiger partial charge < -0.3 is 5.32 Å². The molecule has 1 aliphatic heterocycles. The highest BCUT2D eigenvalue weighted by molar-refractivity contribution is 5.08. The third-order valence-electron chi connectivity index (χ3n) is 5.64. The quantitative estimate of drug-likeness (QED) is 0.739. The summed E-state index contributed by atoms with van der Waals surface area (Å²) in [5.74, 6) is 0.742. The Bertz CT molecular complexity index is 328. The van der Waals surface area contributed by atoms with E-state index in [0.29, 0.717) is 11.6 Å². The molecule has 0 aromatic carbocycles. The van der Waals surface area contributed by atoms with Crippen LogP contribution in [0.15, 0.2) is 11.6 Å². The van der Waals surface area contributed by atoms with Crippen molar-refractivity contribution in [3.63, 3.8) is 0 Å². The molecule has 1 atom stereocenters. The molecule has 0 aromatic heterocycles. The molecule has 1 saturated heterocycles. The normalized spacial score (nSPS) is 27.1. The van der Waals surface area contributed by atoms with Crippen molar-refractivity contribution in [3.8, 4) is 0 Å². The van der Waals surface area contributed by atoms with E-state index in [1.807, 2.05) is 0 Å². The second-order valence-electron chi connectivity index (χ2n) is 7.15. The number of hydrogen-bond donors (Lipinski definition) is 1. The Kier molecular flexibility index (Phi) is 5.68. The maximum atomic E-state index is 3.87. The first-order chi connectivity index (χ1) is 9.60. The van der Waals surface area contributed by atoms with Gasteiger partial charge in [-0.25, -0.2) is 0 Å². The van der Waals surface area contributed by atoms with E-state index in [0.717, 1.165) is 5.92 Å². The van der Waals surface area contributed by atoms with Crippen molar-refractivity contribution in [3.05, 3.63) is 11.6 Å². The molecule has 2 heteroatoms. The van der Waals surface area contributed by atoms with Crippen molar-refractivity contribution in [1.82, 2.24) is 10.2 Å². The Labute approximate surface area is 126 Å². The fraction of sp³-hybridized carbons (Fsp3) is 0.889. The highest BCUT2D eigenvalue weighted by atomic mass is 15.3. The minimum absolute atomic E-state index is 0.357. The summed E-state index contributed by atoms with van der Waals surface area (Å²) in [4.78, 5) is 2.79. The van der Waals surface area contributed by atoms with Gasteiger partial charge >= 0.3 is 0 Å². The Morgan fingerprint density at radius 1 is 1.35 bits per heavy atom. The Balaban J connectivity index is 1.98. The number of piperazine rings is 1. The van der Waals surface area contributed by atoms with Crippen molar-refractivity contribution in [2.24, 2.45) is 5.92 Å². The zero-order chi connectivity index (χ0) is 14.6. The summed E-state index contributed by atoms with van der Waals surface area (Å²) in [6.45, 7) is 13.1. The largest absolute Gasteiger partial charge is 0.308 e. The summed E-state index contributed by atoms with van der Waals surface area (Å²) < 4.78 is 0. The molecule has 0 saturated carbocycles. The lowest BCUT2D eigenvalue weighted by Gasteiger charge is -2.49. The third-order valence-corrected chi connectivity index (χ3v) is 5.64. The molecule has 0 radical (unpaired) electrons. The number of hydrogen-bond acceptors (Lipinski definition) is 2. The van der Waals surface area contributed by atoms with E-state index in [9.17, 15) is 0 Å². The minimum atomic E-state index is 0.357. The van der Waals surface area contributed by atoms with Gasteiger partial charge in [0.1, 0.15) is 0 Å². The van der Waals surface area contributed by atoms with Crippen LogP contribution in [0.4, 0.5) is 0 Å². The molecule has 0 amide bonds. The van der Waals surface area contributed by atoms with Gasteiger partial charge in [0.2, 0.25) is 0 Å². The van der Waals surface area contributed by atoms with Crippen LogP contribution in [0.2, 0.25) is 0 Å². The van der Waals surface area contributed by atoms with Crippen LogP contribution >= 0.6 is 0 Å². The summed E-state index contributed by atoms with van der Waals surface area (Å²) in [6, 6.07) is 0.711. The highest BCUT2D eigenvalue weighted by Gasteiger charge is 2.37. The average Bonchev–Trinajstić information content (AvgIpc) is 2.97. The minimum Gasteiger partial charge on any atom is -0.308 e. The van der Waals surface area contributed by atoms with Crippen molar-refractivity contribution >= 4 is 0 Å². The van der Waals surface area contributed by atoms with E-state index in [2.05, 4.69) is 44.0 Å². The van der Waals surface area contributed by atoms with E-state index in [4.69, 9.17) is 0 Å². The predicted octanol–water partition coefficient (Wildman–Crippen LogP) is 3.98. The average molecular weight is 278 g/mol. The smallest absolute Gasteiger partial charge is 0.0304 e. The second kappa shape index (κ2) is 7.09. The monoisotopic (exact) mass is 278 g/mol. The molecular weight excluding hydrogens is 244 g/mol. The van der Waals surface area contributed by atoms with E-state index in [1.54, 1.807) is 5.57 Å². The van der Waals surface area contributed by atoms with Crippen LogP contribution in [0.5, 0.6) is 0 Å². The maximum Gasteiger partial charge on any atom is 0.0304 e. The van der Waals surface area contributed by atoms with Crippen LogP contribution in [0.25, 0.3) is 0 Å². The molecule has 1 heterocycles. The summed E-state index contributed by atoms with van der Waals surface area (Å²) >= 11 is 0. The van der Waals surface area contributed by atoms with Crippen LogP contribution in [-0.2, 0) is 0 Å². The topological polar surface area (TPSA) is 15.3 Å². The van der Waals surface area contributed by atoms with E-state index in [-0.39, 0.29) is 0 Å². The van der Waals surface area contributed by atoms with E-state index in [1.165, 1.54) is 58.2 Å². The van der Waals surface area contributed by atoms with Crippen molar-refractivity contribution in [2.75, 3.05) is 19.6 Å². The van der Waals surface area contributed by atoms with Gasteiger partial charge in [-0.2, -0.15) is 0 Å². The second-order valence-corrected chi connectivity index (χ2v) is 7.15. The first kappa shape index (κ1) is 16.0. The summed E-state index contributed by atoms with van der Waals surface area (Å²) in [5.41, 5.74) is 2.07. The number of nitrogens with one attached hydrogen (secondary N) is 1. The van der Waals surface area contributed by atoms with Gasteiger partial charge in [-0.15, -0.1) is 0 Å².